The van der Waals surface area contributed by atoms with Gasteiger partial charge in [-0.3, -0.25) is 4.79 Å². The molecule has 0 radical (unpaired) electrons. The highest BCUT2D eigenvalue weighted by atomic mass is 35.5. The van der Waals surface area contributed by atoms with Crippen LogP contribution in [0.3, 0.4) is 0 Å². The van der Waals surface area contributed by atoms with Gasteiger partial charge in [-0.25, -0.2) is 4.68 Å². The van der Waals surface area contributed by atoms with Crippen molar-refractivity contribution in [3.8, 4) is 5.69 Å². The number of hydrogen-bond donors (Lipinski definition) is 2. The topological polar surface area (TPSA) is 71.8 Å². The molecule has 1 aromatic carbocycles. The molecule has 2 N–H and O–H groups in total. The third-order valence-corrected chi connectivity index (χ3v) is 3.82. The number of alkyl halides is 3. The standard InChI is InChI=1S/C16H16F3N5O.ClH/c17-16(18,19)12-3-1-2-4-14(12)24-10-13(22-23-24)15(25)21-9-11-5-7-20-8-6-11;/h1-5,10,20H,6-9H2,(H,21,25);1H. The number of carbonyl (C=O) groups is 1. The Balaban J connectivity index is 0.00000243. The molecule has 0 saturated heterocycles. The number of benzene rings is 1. The number of halogens is 4. The molecule has 0 spiro atoms. The Bertz CT molecular complexity index is 803. The Kier molecular flexibility index (Phi) is 6.38. The molecule has 2 aromatic rings. The number of rotatable bonds is 4. The zero-order valence-electron chi connectivity index (χ0n) is 13.6. The maximum atomic E-state index is 13.1. The first-order valence-electron chi connectivity index (χ1n) is 7.71. The van der Waals surface area contributed by atoms with Gasteiger partial charge < -0.3 is 10.6 Å². The monoisotopic (exact) mass is 387 g/mol. The van der Waals surface area contributed by atoms with Gasteiger partial charge in [-0.2, -0.15) is 13.2 Å². The number of nitrogens with one attached hydrogen (secondary N) is 2. The number of para-hydroxylation sites is 1. The first-order valence-corrected chi connectivity index (χ1v) is 7.71. The summed E-state index contributed by atoms with van der Waals surface area (Å²) in [5.41, 5.74) is 0.0442. The summed E-state index contributed by atoms with van der Waals surface area (Å²) >= 11 is 0. The van der Waals surface area contributed by atoms with E-state index in [2.05, 4.69) is 20.9 Å². The van der Waals surface area contributed by atoms with Crippen LogP contribution in [0.15, 0.2) is 42.1 Å². The van der Waals surface area contributed by atoms with E-state index in [4.69, 9.17) is 0 Å². The zero-order chi connectivity index (χ0) is 17.9. The van der Waals surface area contributed by atoms with Gasteiger partial charge in [0.1, 0.15) is 0 Å². The van der Waals surface area contributed by atoms with Crippen molar-refractivity contribution in [1.29, 1.82) is 0 Å². The highest BCUT2D eigenvalue weighted by Gasteiger charge is 2.34. The van der Waals surface area contributed by atoms with Crippen LogP contribution in [0.25, 0.3) is 5.69 Å². The predicted octanol–water partition coefficient (Wildman–Crippen LogP) is 2.36. The van der Waals surface area contributed by atoms with Crippen LogP contribution in [0.5, 0.6) is 0 Å². The van der Waals surface area contributed by atoms with Crippen LogP contribution in [0, 0.1) is 0 Å². The average Bonchev–Trinajstić information content (AvgIpc) is 3.10. The number of hydrogen-bond acceptors (Lipinski definition) is 4. The molecule has 26 heavy (non-hydrogen) atoms. The fourth-order valence-electron chi connectivity index (χ4n) is 2.51. The molecule has 0 fully saturated rings. The molecule has 3 rings (SSSR count). The minimum Gasteiger partial charge on any atom is -0.347 e. The van der Waals surface area contributed by atoms with Crippen LogP contribution in [-0.4, -0.2) is 40.5 Å². The fraction of sp³-hybridized carbons (Fsp3) is 0.312. The predicted molar refractivity (Wildman–Crippen MR) is 91.5 cm³/mol. The molecule has 0 saturated carbocycles. The Morgan fingerprint density at radius 2 is 2.08 bits per heavy atom. The second-order valence-electron chi connectivity index (χ2n) is 5.56. The Labute approximate surface area is 153 Å². The van der Waals surface area contributed by atoms with Gasteiger partial charge in [0.15, 0.2) is 5.69 Å². The largest absolute Gasteiger partial charge is 0.418 e. The first-order chi connectivity index (χ1) is 11.9. The van der Waals surface area contributed by atoms with Gasteiger partial charge in [-0.05, 0) is 25.1 Å². The van der Waals surface area contributed by atoms with Gasteiger partial charge >= 0.3 is 6.18 Å². The van der Waals surface area contributed by atoms with Gasteiger partial charge in [0.25, 0.3) is 5.91 Å². The maximum absolute atomic E-state index is 13.1. The average molecular weight is 388 g/mol. The van der Waals surface area contributed by atoms with E-state index in [1.807, 2.05) is 6.08 Å². The van der Waals surface area contributed by atoms with E-state index in [9.17, 15) is 18.0 Å². The lowest BCUT2D eigenvalue weighted by Gasteiger charge is -2.14. The summed E-state index contributed by atoms with van der Waals surface area (Å²) in [5, 5.41) is 13.2. The number of aromatic nitrogens is 3. The third-order valence-electron chi connectivity index (χ3n) is 3.82. The van der Waals surface area contributed by atoms with E-state index >= 15 is 0 Å². The molecule has 0 atom stereocenters. The van der Waals surface area contributed by atoms with Crippen molar-refractivity contribution >= 4 is 18.3 Å². The van der Waals surface area contributed by atoms with E-state index in [1.54, 1.807) is 0 Å². The first kappa shape index (κ1) is 19.9. The maximum Gasteiger partial charge on any atom is 0.418 e. The Hall–Kier alpha value is -2.39. The lowest BCUT2D eigenvalue weighted by molar-refractivity contribution is -0.137. The Morgan fingerprint density at radius 3 is 2.77 bits per heavy atom. The second-order valence-corrected chi connectivity index (χ2v) is 5.56. The molecule has 140 valence electrons. The fourth-order valence-corrected chi connectivity index (χ4v) is 2.51. The molecule has 1 aliphatic rings. The van der Waals surface area contributed by atoms with Crippen molar-refractivity contribution in [1.82, 2.24) is 25.6 Å². The lowest BCUT2D eigenvalue weighted by Crippen LogP contribution is -2.29. The minimum atomic E-state index is -4.52. The van der Waals surface area contributed by atoms with Crippen molar-refractivity contribution in [2.45, 2.75) is 12.6 Å². The summed E-state index contributed by atoms with van der Waals surface area (Å²) in [6, 6.07) is 5.00. The molecule has 0 bridgehead atoms. The lowest BCUT2D eigenvalue weighted by atomic mass is 10.1. The van der Waals surface area contributed by atoms with E-state index in [0.29, 0.717) is 6.54 Å². The van der Waals surface area contributed by atoms with Crippen LogP contribution in [0.4, 0.5) is 13.2 Å². The highest BCUT2D eigenvalue weighted by molar-refractivity contribution is 5.92. The van der Waals surface area contributed by atoms with Crippen molar-refractivity contribution in [2.75, 3.05) is 19.6 Å². The molecule has 6 nitrogen and oxygen atoms in total. The molecule has 1 aliphatic heterocycles. The summed E-state index contributed by atoms with van der Waals surface area (Å²) in [5.74, 6) is -0.477. The smallest absolute Gasteiger partial charge is 0.347 e. The molecule has 0 unspecified atom stereocenters. The van der Waals surface area contributed by atoms with Gasteiger partial charge in [-0.1, -0.05) is 29.0 Å². The zero-order valence-corrected chi connectivity index (χ0v) is 14.4. The highest BCUT2D eigenvalue weighted by Crippen LogP contribution is 2.33. The summed E-state index contributed by atoms with van der Waals surface area (Å²) < 4.78 is 40.2. The van der Waals surface area contributed by atoms with Gasteiger partial charge in [0.05, 0.1) is 17.4 Å². The molecule has 1 aromatic heterocycles. The van der Waals surface area contributed by atoms with Crippen molar-refractivity contribution < 1.29 is 18.0 Å². The van der Waals surface area contributed by atoms with Crippen LogP contribution in [0.1, 0.15) is 22.5 Å². The SMILES string of the molecule is Cl.O=C(NCC1=CCNCC1)c1cn(-c2ccccc2C(F)(F)F)nn1. The minimum absolute atomic E-state index is 0. The van der Waals surface area contributed by atoms with Crippen molar-refractivity contribution in [2.24, 2.45) is 0 Å². The quantitative estimate of drug-likeness (QED) is 0.790. The molecular weight excluding hydrogens is 371 g/mol. The van der Waals surface area contributed by atoms with E-state index < -0.39 is 17.6 Å². The van der Waals surface area contributed by atoms with E-state index in [1.165, 1.54) is 24.4 Å². The van der Waals surface area contributed by atoms with Gasteiger partial charge in [0.2, 0.25) is 0 Å². The molecule has 0 aliphatic carbocycles. The molecular formula is C16H17ClF3N5O. The number of amides is 1. The van der Waals surface area contributed by atoms with Crippen molar-refractivity contribution in [3.05, 3.63) is 53.4 Å². The molecule has 2 heterocycles. The summed E-state index contributed by atoms with van der Waals surface area (Å²) in [7, 11) is 0. The van der Waals surface area contributed by atoms with E-state index in [-0.39, 0.29) is 23.8 Å². The summed E-state index contributed by atoms with van der Waals surface area (Å²) in [6.45, 7) is 1.99. The third kappa shape index (κ3) is 4.61. The summed E-state index contributed by atoms with van der Waals surface area (Å²) in [6.07, 6.45) is -0.491. The van der Waals surface area contributed by atoms with Gasteiger partial charge in [-0.15, -0.1) is 17.5 Å². The van der Waals surface area contributed by atoms with Crippen LogP contribution in [0.2, 0.25) is 0 Å². The second kappa shape index (κ2) is 8.33. The molecule has 10 heteroatoms. The number of carbonyl (C=O) groups excluding carboxylic acids is 1. The molecule has 1 amide bonds. The van der Waals surface area contributed by atoms with E-state index in [0.717, 1.165) is 35.8 Å². The van der Waals surface area contributed by atoms with Crippen LogP contribution >= 0.6 is 12.4 Å². The normalized spacial score (nSPS) is 14.3. The van der Waals surface area contributed by atoms with Crippen molar-refractivity contribution in [3.63, 3.8) is 0 Å². The Morgan fingerprint density at radius 1 is 1.31 bits per heavy atom. The summed E-state index contributed by atoms with van der Waals surface area (Å²) in [4.78, 5) is 12.1. The van der Waals surface area contributed by atoms with Gasteiger partial charge in [0, 0.05) is 13.1 Å². The van der Waals surface area contributed by atoms with Crippen LogP contribution < -0.4 is 10.6 Å². The number of nitrogens with zero attached hydrogens (tertiary/aromatic N) is 3. The van der Waals surface area contributed by atoms with Crippen LogP contribution in [-0.2, 0) is 6.18 Å².